The molecular formula is C11H8Cl2N2O. The van der Waals surface area contributed by atoms with Crippen LogP contribution in [0.3, 0.4) is 0 Å². The van der Waals surface area contributed by atoms with Crippen molar-refractivity contribution in [3.63, 3.8) is 0 Å². The summed E-state index contributed by atoms with van der Waals surface area (Å²) in [5.74, 6) is 0.535. The predicted octanol–water partition coefficient (Wildman–Crippen LogP) is 3.14. The highest BCUT2D eigenvalue weighted by molar-refractivity contribution is 6.36. The van der Waals surface area contributed by atoms with Crippen LogP contribution in [-0.4, -0.2) is 15.8 Å². The molecule has 2 rings (SSSR count). The summed E-state index contributed by atoms with van der Waals surface area (Å²) in [6.45, 7) is 0. The lowest BCUT2D eigenvalue weighted by atomic mass is 10.1. The molecule has 0 aliphatic heterocycles. The third-order valence-electron chi connectivity index (χ3n) is 2.11. The van der Waals surface area contributed by atoms with E-state index in [0.717, 1.165) is 0 Å². The van der Waals surface area contributed by atoms with Gasteiger partial charge in [-0.1, -0.05) is 23.2 Å². The van der Waals surface area contributed by atoms with Crippen LogP contribution in [0.2, 0.25) is 10.0 Å². The molecule has 0 radical (unpaired) electrons. The monoisotopic (exact) mass is 254 g/mol. The van der Waals surface area contributed by atoms with Crippen LogP contribution in [-0.2, 0) is 6.42 Å². The van der Waals surface area contributed by atoms with Crippen LogP contribution in [0.15, 0.2) is 30.6 Å². The van der Waals surface area contributed by atoms with Crippen molar-refractivity contribution in [3.05, 3.63) is 52.0 Å². The molecule has 1 aromatic heterocycles. The first-order valence-electron chi connectivity index (χ1n) is 4.63. The number of aromatic amines is 1. The smallest absolute Gasteiger partial charge is 0.171 e. The van der Waals surface area contributed by atoms with Crippen LogP contribution < -0.4 is 0 Å². The fourth-order valence-electron chi connectivity index (χ4n) is 1.36. The van der Waals surface area contributed by atoms with Crippen LogP contribution in [0, 0.1) is 0 Å². The fourth-order valence-corrected chi connectivity index (χ4v) is 1.87. The molecule has 0 unspecified atom stereocenters. The van der Waals surface area contributed by atoms with Gasteiger partial charge in [0.05, 0.1) is 11.4 Å². The molecule has 3 nitrogen and oxygen atoms in total. The normalized spacial score (nSPS) is 10.4. The highest BCUT2D eigenvalue weighted by atomic mass is 35.5. The van der Waals surface area contributed by atoms with Crippen LogP contribution in [0.5, 0.6) is 0 Å². The lowest BCUT2D eigenvalue weighted by Gasteiger charge is -2.02. The molecule has 0 saturated carbocycles. The van der Waals surface area contributed by atoms with Gasteiger partial charge in [0.25, 0.3) is 0 Å². The first-order chi connectivity index (χ1) is 7.66. The Hall–Kier alpha value is -1.32. The minimum absolute atomic E-state index is 0.0865. The van der Waals surface area contributed by atoms with Crippen molar-refractivity contribution in [1.29, 1.82) is 0 Å². The summed E-state index contributed by atoms with van der Waals surface area (Å²) in [4.78, 5) is 18.7. The number of benzene rings is 1. The number of halogens is 2. The van der Waals surface area contributed by atoms with Crippen LogP contribution in [0.1, 0.15) is 16.2 Å². The van der Waals surface area contributed by atoms with Crippen molar-refractivity contribution in [2.45, 2.75) is 6.42 Å². The molecule has 1 N–H and O–H groups in total. The molecule has 1 heterocycles. The summed E-state index contributed by atoms with van der Waals surface area (Å²) < 4.78 is 0. The van der Waals surface area contributed by atoms with E-state index in [1.54, 1.807) is 30.6 Å². The Bertz CT molecular complexity index is 509. The number of rotatable bonds is 3. The average Bonchev–Trinajstić information content (AvgIpc) is 2.70. The molecule has 0 fully saturated rings. The number of carbonyl (C=O) groups is 1. The van der Waals surface area contributed by atoms with E-state index in [2.05, 4.69) is 9.97 Å². The second-order valence-electron chi connectivity index (χ2n) is 3.26. The molecule has 0 saturated heterocycles. The zero-order valence-corrected chi connectivity index (χ0v) is 9.72. The van der Waals surface area contributed by atoms with Crippen molar-refractivity contribution in [1.82, 2.24) is 9.97 Å². The molecule has 0 spiro atoms. The predicted molar refractivity (Wildman–Crippen MR) is 63.1 cm³/mol. The summed E-state index contributed by atoms with van der Waals surface area (Å²) in [5.41, 5.74) is 0.461. The highest BCUT2D eigenvalue weighted by Gasteiger charge is 2.12. The zero-order chi connectivity index (χ0) is 11.5. The maximum absolute atomic E-state index is 11.9. The van der Waals surface area contributed by atoms with Gasteiger partial charge in [0.2, 0.25) is 0 Å². The molecular weight excluding hydrogens is 247 g/mol. The third kappa shape index (κ3) is 2.43. The van der Waals surface area contributed by atoms with E-state index >= 15 is 0 Å². The molecule has 5 heteroatoms. The van der Waals surface area contributed by atoms with E-state index in [4.69, 9.17) is 23.2 Å². The molecule has 0 bridgehead atoms. The molecule has 0 aliphatic carbocycles. The van der Waals surface area contributed by atoms with Gasteiger partial charge in [0, 0.05) is 23.0 Å². The van der Waals surface area contributed by atoms with Crippen molar-refractivity contribution in [2.24, 2.45) is 0 Å². The van der Waals surface area contributed by atoms with Gasteiger partial charge in [-0.15, -0.1) is 0 Å². The Kier molecular flexibility index (Phi) is 3.27. The summed E-state index contributed by atoms with van der Waals surface area (Å²) in [6, 6.07) is 4.82. The molecule has 0 aliphatic rings. The summed E-state index contributed by atoms with van der Waals surface area (Å²) in [7, 11) is 0. The highest BCUT2D eigenvalue weighted by Crippen LogP contribution is 2.22. The molecule has 2 aromatic rings. The number of carbonyl (C=O) groups excluding carboxylic acids is 1. The number of hydrogen-bond donors (Lipinski definition) is 1. The fraction of sp³-hybridized carbons (Fsp3) is 0.0909. The van der Waals surface area contributed by atoms with Crippen LogP contribution in [0.4, 0.5) is 0 Å². The largest absolute Gasteiger partial charge is 0.348 e. The van der Waals surface area contributed by atoms with E-state index in [1.165, 1.54) is 0 Å². The Morgan fingerprint density at radius 3 is 2.81 bits per heavy atom. The van der Waals surface area contributed by atoms with Gasteiger partial charge >= 0.3 is 0 Å². The lowest BCUT2D eigenvalue weighted by molar-refractivity contribution is 0.0991. The summed E-state index contributed by atoms with van der Waals surface area (Å²) in [5, 5.41) is 0.878. The van der Waals surface area contributed by atoms with Gasteiger partial charge in [-0.25, -0.2) is 4.98 Å². The van der Waals surface area contributed by atoms with E-state index in [-0.39, 0.29) is 12.2 Å². The van der Waals surface area contributed by atoms with Crippen molar-refractivity contribution < 1.29 is 4.79 Å². The quantitative estimate of drug-likeness (QED) is 0.856. The number of H-pyrrole nitrogens is 1. The van der Waals surface area contributed by atoms with Gasteiger partial charge in [0.1, 0.15) is 5.82 Å². The van der Waals surface area contributed by atoms with Gasteiger partial charge in [-0.3, -0.25) is 4.79 Å². The maximum Gasteiger partial charge on any atom is 0.171 e. The molecule has 82 valence electrons. The second kappa shape index (κ2) is 4.68. The first-order valence-corrected chi connectivity index (χ1v) is 5.39. The Labute approximate surface area is 102 Å². The maximum atomic E-state index is 11.9. The van der Waals surface area contributed by atoms with Crippen molar-refractivity contribution in [2.75, 3.05) is 0 Å². The Morgan fingerprint density at radius 1 is 1.38 bits per heavy atom. The number of ketones is 1. The van der Waals surface area contributed by atoms with Crippen LogP contribution >= 0.6 is 23.2 Å². The minimum Gasteiger partial charge on any atom is -0.348 e. The molecule has 0 amide bonds. The zero-order valence-electron chi connectivity index (χ0n) is 8.21. The molecule has 0 atom stereocenters. The van der Waals surface area contributed by atoms with Gasteiger partial charge in [-0.05, 0) is 18.2 Å². The number of Topliss-reactive ketones (excluding diaryl/α,β-unsaturated/α-hetero) is 1. The van der Waals surface area contributed by atoms with Crippen LogP contribution in [0.25, 0.3) is 0 Å². The van der Waals surface area contributed by atoms with E-state index in [0.29, 0.717) is 21.4 Å². The van der Waals surface area contributed by atoms with Crippen molar-refractivity contribution in [3.8, 4) is 0 Å². The first kappa shape index (κ1) is 11.2. The topological polar surface area (TPSA) is 45.8 Å². The number of aromatic nitrogens is 2. The van der Waals surface area contributed by atoms with E-state index in [1.807, 2.05) is 0 Å². The van der Waals surface area contributed by atoms with Crippen molar-refractivity contribution >= 4 is 29.0 Å². The molecule has 1 aromatic carbocycles. The SMILES string of the molecule is O=C(Cc1ncc[nH]1)c1ccc(Cl)cc1Cl. The lowest BCUT2D eigenvalue weighted by Crippen LogP contribution is -2.05. The van der Waals surface area contributed by atoms with Gasteiger partial charge in [-0.2, -0.15) is 0 Å². The Balaban J connectivity index is 2.21. The average molecular weight is 255 g/mol. The third-order valence-corrected chi connectivity index (χ3v) is 2.66. The van der Waals surface area contributed by atoms with Gasteiger partial charge in [0.15, 0.2) is 5.78 Å². The number of hydrogen-bond acceptors (Lipinski definition) is 2. The summed E-state index contributed by atoms with van der Waals surface area (Å²) >= 11 is 11.7. The number of nitrogens with one attached hydrogen (secondary N) is 1. The van der Waals surface area contributed by atoms with E-state index in [9.17, 15) is 4.79 Å². The standard InChI is InChI=1S/C11H8Cl2N2O/c12-7-1-2-8(9(13)5-7)10(16)6-11-14-3-4-15-11/h1-5H,6H2,(H,14,15). The minimum atomic E-state index is -0.0865. The number of nitrogens with zero attached hydrogens (tertiary/aromatic N) is 1. The number of imidazole rings is 1. The molecule has 16 heavy (non-hydrogen) atoms. The van der Waals surface area contributed by atoms with Gasteiger partial charge < -0.3 is 4.98 Å². The van der Waals surface area contributed by atoms with E-state index < -0.39 is 0 Å². The second-order valence-corrected chi connectivity index (χ2v) is 4.10. The Morgan fingerprint density at radius 2 is 2.19 bits per heavy atom. The summed E-state index contributed by atoms with van der Waals surface area (Å²) in [6.07, 6.45) is 3.48.